The lowest BCUT2D eigenvalue weighted by Crippen LogP contribution is -2.36. The lowest BCUT2D eigenvalue weighted by atomic mass is 10.3. The van der Waals surface area contributed by atoms with Crippen LogP contribution >= 0.6 is 0 Å². The van der Waals surface area contributed by atoms with Gasteiger partial charge in [-0.2, -0.15) is 0 Å². The van der Waals surface area contributed by atoms with Gasteiger partial charge in [0.25, 0.3) is 0 Å². The Kier molecular flexibility index (Phi) is 3.89. The first kappa shape index (κ1) is 11.0. The van der Waals surface area contributed by atoms with Crippen molar-refractivity contribution < 1.29 is 15.0 Å². The monoisotopic (exact) mass is 198 g/mol. The van der Waals surface area contributed by atoms with E-state index in [9.17, 15) is 15.0 Å². The van der Waals surface area contributed by atoms with Crippen molar-refractivity contribution in [3.8, 4) is 12.3 Å². The third kappa shape index (κ3) is 3.00. The fourth-order valence-corrected chi connectivity index (χ4v) is 1.38. The highest BCUT2D eigenvalue weighted by molar-refractivity contribution is 5.78. The number of carbonyl (C=O) groups is 1. The van der Waals surface area contributed by atoms with Crippen LogP contribution < -0.4 is 5.32 Å². The summed E-state index contributed by atoms with van der Waals surface area (Å²) in [6.07, 6.45) is 3.46. The number of aliphatic hydroxyl groups is 2. The van der Waals surface area contributed by atoms with E-state index in [0.29, 0.717) is 13.1 Å². The summed E-state index contributed by atoms with van der Waals surface area (Å²) in [7, 11) is 0. The molecule has 0 aromatic heterocycles. The van der Waals surface area contributed by atoms with Crippen molar-refractivity contribution >= 4 is 5.91 Å². The summed E-state index contributed by atoms with van der Waals surface area (Å²) in [5.74, 6) is 2.10. The van der Waals surface area contributed by atoms with Gasteiger partial charge in [0.1, 0.15) is 0 Å². The quantitative estimate of drug-likeness (QED) is 0.449. The molecule has 1 amide bonds. The van der Waals surface area contributed by atoms with Crippen molar-refractivity contribution in [3.63, 3.8) is 0 Å². The molecule has 1 heterocycles. The number of β-amino-alcohol motifs (C(OH)–C–C–N with tert-alkyl or cyclic N) is 2. The minimum atomic E-state index is -0.754. The van der Waals surface area contributed by atoms with Crippen molar-refractivity contribution in [2.24, 2.45) is 0 Å². The van der Waals surface area contributed by atoms with Gasteiger partial charge in [0.2, 0.25) is 5.91 Å². The number of likely N-dealkylation sites (tertiary alicyclic amines) is 1. The first-order valence-corrected chi connectivity index (χ1v) is 4.42. The molecular formula is C9H14N2O3. The van der Waals surface area contributed by atoms with Crippen molar-refractivity contribution in [1.29, 1.82) is 0 Å². The van der Waals surface area contributed by atoms with Crippen molar-refractivity contribution in [2.75, 3.05) is 26.2 Å². The van der Waals surface area contributed by atoms with Gasteiger partial charge in [-0.3, -0.25) is 9.69 Å². The van der Waals surface area contributed by atoms with Gasteiger partial charge in [-0.05, 0) is 0 Å². The molecule has 78 valence electrons. The molecule has 0 bridgehead atoms. The molecule has 5 nitrogen and oxygen atoms in total. The molecule has 0 spiro atoms. The topological polar surface area (TPSA) is 72.8 Å². The second kappa shape index (κ2) is 4.96. The summed E-state index contributed by atoms with van der Waals surface area (Å²) >= 11 is 0. The van der Waals surface area contributed by atoms with Gasteiger partial charge in [-0.25, -0.2) is 0 Å². The number of amides is 1. The molecule has 5 heteroatoms. The molecule has 0 radical (unpaired) electrons. The van der Waals surface area contributed by atoms with Crippen LogP contribution in [0.25, 0.3) is 0 Å². The van der Waals surface area contributed by atoms with Crippen LogP contribution in [0, 0.1) is 12.3 Å². The zero-order valence-electron chi connectivity index (χ0n) is 7.81. The molecule has 0 aliphatic carbocycles. The van der Waals surface area contributed by atoms with Crippen LogP contribution in [0.2, 0.25) is 0 Å². The zero-order valence-corrected chi connectivity index (χ0v) is 7.81. The van der Waals surface area contributed by atoms with Crippen LogP contribution in [0.1, 0.15) is 0 Å². The molecule has 1 aliphatic rings. The fourth-order valence-electron chi connectivity index (χ4n) is 1.38. The summed E-state index contributed by atoms with van der Waals surface area (Å²) in [6.45, 7) is 1.02. The van der Waals surface area contributed by atoms with Gasteiger partial charge in [0, 0.05) is 13.1 Å². The Labute approximate surface area is 82.7 Å². The molecule has 14 heavy (non-hydrogen) atoms. The molecule has 1 rings (SSSR count). The van der Waals surface area contributed by atoms with E-state index in [4.69, 9.17) is 6.42 Å². The minimum Gasteiger partial charge on any atom is -0.389 e. The maximum absolute atomic E-state index is 11.2. The highest BCUT2D eigenvalue weighted by Gasteiger charge is 2.30. The molecule has 1 aliphatic heterocycles. The predicted molar refractivity (Wildman–Crippen MR) is 50.3 cm³/mol. The predicted octanol–water partition coefficient (Wildman–Crippen LogP) is -2.23. The lowest BCUT2D eigenvalue weighted by Gasteiger charge is -2.13. The number of hydrogen-bond donors (Lipinski definition) is 3. The molecule has 3 N–H and O–H groups in total. The van der Waals surface area contributed by atoms with Crippen LogP contribution in [0.15, 0.2) is 0 Å². The van der Waals surface area contributed by atoms with E-state index in [1.807, 2.05) is 0 Å². The van der Waals surface area contributed by atoms with Gasteiger partial charge in [0.15, 0.2) is 0 Å². The molecule has 0 saturated carbocycles. The molecule has 1 saturated heterocycles. The molecule has 0 aromatic carbocycles. The van der Waals surface area contributed by atoms with E-state index in [2.05, 4.69) is 11.2 Å². The number of hydrogen-bond acceptors (Lipinski definition) is 4. The molecule has 1 fully saturated rings. The SMILES string of the molecule is C#CCNC(=O)CN1CC(O)C(O)C1. The van der Waals surface area contributed by atoms with E-state index in [1.54, 1.807) is 4.90 Å². The van der Waals surface area contributed by atoms with Gasteiger partial charge >= 0.3 is 0 Å². The minimum absolute atomic E-state index is 0.163. The van der Waals surface area contributed by atoms with Gasteiger partial charge in [-0.1, -0.05) is 5.92 Å². The second-order valence-corrected chi connectivity index (χ2v) is 3.31. The van der Waals surface area contributed by atoms with Gasteiger partial charge in [-0.15, -0.1) is 6.42 Å². The van der Waals surface area contributed by atoms with E-state index < -0.39 is 12.2 Å². The maximum Gasteiger partial charge on any atom is 0.234 e. The second-order valence-electron chi connectivity index (χ2n) is 3.31. The summed E-state index contributed by atoms with van der Waals surface area (Å²) in [4.78, 5) is 12.8. The van der Waals surface area contributed by atoms with Crippen LogP contribution in [-0.4, -0.2) is 59.4 Å². The normalized spacial score (nSPS) is 27.2. The van der Waals surface area contributed by atoms with Gasteiger partial charge < -0.3 is 15.5 Å². The molecule has 0 aromatic rings. The van der Waals surface area contributed by atoms with Crippen molar-refractivity contribution in [1.82, 2.24) is 10.2 Å². The van der Waals surface area contributed by atoms with E-state index in [1.165, 1.54) is 0 Å². The number of nitrogens with zero attached hydrogens (tertiary/aromatic N) is 1. The van der Waals surface area contributed by atoms with E-state index in [0.717, 1.165) is 0 Å². The first-order valence-electron chi connectivity index (χ1n) is 4.42. The van der Waals surface area contributed by atoms with Crippen molar-refractivity contribution in [3.05, 3.63) is 0 Å². The van der Waals surface area contributed by atoms with Crippen LogP contribution in [-0.2, 0) is 4.79 Å². The summed E-state index contributed by atoms with van der Waals surface area (Å²) in [5, 5.41) is 20.9. The Morgan fingerprint density at radius 1 is 1.50 bits per heavy atom. The Morgan fingerprint density at radius 3 is 2.57 bits per heavy atom. The number of carbonyl (C=O) groups excluding carboxylic acids is 1. The van der Waals surface area contributed by atoms with Crippen LogP contribution in [0.5, 0.6) is 0 Å². The number of nitrogens with one attached hydrogen (secondary N) is 1. The highest BCUT2D eigenvalue weighted by atomic mass is 16.3. The third-order valence-electron chi connectivity index (χ3n) is 2.09. The largest absolute Gasteiger partial charge is 0.389 e. The Morgan fingerprint density at radius 2 is 2.07 bits per heavy atom. The molecule has 2 atom stereocenters. The zero-order chi connectivity index (χ0) is 10.6. The average molecular weight is 198 g/mol. The maximum atomic E-state index is 11.2. The fraction of sp³-hybridized carbons (Fsp3) is 0.667. The third-order valence-corrected chi connectivity index (χ3v) is 2.09. The van der Waals surface area contributed by atoms with Crippen molar-refractivity contribution in [2.45, 2.75) is 12.2 Å². The standard InChI is InChI=1S/C9H14N2O3/c1-2-3-10-9(14)6-11-4-7(12)8(13)5-11/h1,7-8,12-13H,3-6H2,(H,10,14). The first-order chi connectivity index (χ1) is 6.63. The number of rotatable bonds is 3. The lowest BCUT2D eigenvalue weighted by molar-refractivity contribution is -0.121. The highest BCUT2D eigenvalue weighted by Crippen LogP contribution is 2.08. The summed E-state index contributed by atoms with van der Waals surface area (Å²) < 4.78 is 0. The smallest absolute Gasteiger partial charge is 0.234 e. The average Bonchev–Trinajstić information content (AvgIpc) is 2.42. The van der Waals surface area contributed by atoms with E-state index >= 15 is 0 Å². The summed E-state index contributed by atoms with van der Waals surface area (Å²) in [5.41, 5.74) is 0. The molecular weight excluding hydrogens is 184 g/mol. The number of terminal acetylenes is 1. The summed E-state index contributed by atoms with van der Waals surface area (Å²) in [6, 6.07) is 0. The van der Waals surface area contributed by atoms with Crippen LogP contribution in [0.3, 0.4) is 0 Å². The Balaban J connectivity index is 2.26. The Bertz CT molecular complexity index is 239. The van der Waals surface area contributed by atoms with Crippen LogP contribution in [0.4, 0.5) is 0 Å². The number of aliphatic hydroxyl groups excluding tert-OH is 2. The molecule has 2 unspecified atom stereocenters. The van der Waals surface area contributed by atoms with E-state index in [-0.39, 0.29) is 19.0 Å². The van der Waals surface area contributed by atoms with Gasteiger partial charge in [0.05, 0.1) is 25.3 Å². The Hall–Kier alpha value is -1.09.